The average Bonchev–Trinajstić information content (AvgIpc) is 3.60. The predicted octanol–water partition coefficient (Wildman–Crippen LogP) is 5.10. The van der Waals surface area contributed by atoms with Crippen molar-refractivity contribution >= 4 is 40.9 Å². The van der Waals surface area contributed by atoms with Gasteiger partial charge in [-0.15, -0.1) is 23.2 Å². The summed E-state index contributed by atoms with van der Waals surface area (Å²) < 4.78 is 5.36. The normalized spacial score (nSPS) is 26.7. The molecule has 0 unspecified atom stereocenters. The van der Waals surface area contributed by atoms with Crippen molar-refractivity contribution in [1.29, 1.82) is 0 Å². The number of hydrogen-bond donors (Lipinski definition) is 1. The molecule has 3 aliphatic carbocycles. The van der Waals surface area contributed by atoms with Gasteiger partial charge in [-0.25, -0.2) is 0 Å². The van der Waals surface area contributed by atoms with E-state index in [2.05, 4.69) is 5.32 Å². The van der Waals surface area contributed by atoms with Gasteiger partial charge in [-0.05, 0) is 39.9 Å². The van der Waals surface area contributed by atoms with Crippen LogP contribution in [0.3, 0.4) is 0 Å². The van der Waals surface area contributed by atoms with Crippen LogP contribution in [0, 0.1) is 11.8 Å². The van der Waals surface area contributed by atoms with Gasteiger partial charge >= 0.3 is 0 Å². The highest BCUT2D eigenvalue weighted by molar-refractivity contribution is 6.36. The lowest BCUT2D eigenvalue weighted by atomic mass is 9.54. The van der Waals surface area contributed by atoms with Crippen molar-refractivity contribution < 1.29 is 18.8 Å². The van der Waals surface area contributed by atoms with Crippen LogP contribution in [0.2, 0.25) is 0 Å². The quantitative estimate of drug-likeness (QED) is 0.258. The van der Waals surface area contributed by atoms with Crippen LogP contribution in [0.5, 0.6) is 0 Å². The molecule has 3 aromatic carbocycles. The topological polar surface area (TPSA) is 79.6 Å². The number of likely N-dealkylation sites (tertiary alicyclic amines) is 1. The minimum atomic E-state index is -1.31. The van der Waals surface area contributed by atoms with E-state index in [9.17, 15) is 14.4 Å². The van der Waals surface area contributed by atoms with E-state index in [4.69, 9.17) is 27.6 Å². The fraction of sp³-hybridized carbons (Fsp3) is 0.219. The number of amides is 3. The number of nitrogens with zero attached hydrogens (tertiary/aromatic N) is 1. The van der Waals surface area contributed by atoms with E-state index in [-0.39, 0.29) is 13.0 Å². The van der Waals surface area contributed by atoms with Gasteiger partial charge in [-0.2, -0.15) is 0 Å². The molecule has 0 radical (unpaired) electrons. The first kappa shape index (κ1) is 25.1. The molecule has 1 fully saturated rings. The lowest BCUT2D eigenvalue weighted by Gasteiger charge is -2.54. The predicted molar refractivity (Wildman–Crippen MR) is 149 cm³/mol. The Kier molecular flexibility index (Phi) is 5.70. The third-order valence-electron chi connectivity index (χ3n) is 8.52. The molecule has 0 saturated carbocycles. The van der Waals surface area contributed by atoms with Crippen LogP contribution >= 0.6 is 23.2 Å². The maximum atomic E-state index is 14.4. The number of halogens is 2. The van der Waals surface area contributed by atoms with Gasteiger partial charge in [-0.1, -0.05) is 78.9 Å². The van der Waals surface area contributed by atoms with Gasteiger partial charge in [0.1, 0.15) is 21.6 Å². The molecule has 200 valence electrons. The monoisotopic (exact) mass is 570 g/mol. The molecule has 8 heteroatoms. The molecule has 3 atom stereocenters. The zero-order valence-corrected chi connectivity index (χ0v) is 22.7. The SMILES string of the molecule is O=C(NCc1ccco1)[C@@H](Cc1ccccc1)N1C(=O)[C@@H]2[C@H](C1=O)C1(Cl)c3ccccc3C2(Cl)c2ccccc21. The van der Waals surface area contributed by atoms with E-state index in [1.165, 1.54) is 6.26 Å². The van der Waals surface area contributed by atoms with Gasteiger partial charge < -0.3 is 9.73 Å². The molecular weight excluding hydrogens is 547 g/mol. The molecule has 4 aromatic rings. The third kappa shape index (κ3) is 3.33. The molecular formula is C32H24Cl2N2O4. The molecule has 4 aliphatic rings. The molecule has 1 aromatic heterocycles. The van der Waals surface area contributed by atoms with Crippen LogP contribution < -0.4 is 5.32 Å². The Hall–Kier alpha value is -3.87. The number of rotatable bonds is 6. The molecule has 3 amide bonds. The van der Waals surface area contributed by atoms with Crippen LogP contribution in [-0.2, 0) is 37.1 Å². The van der Waals surface area contributed by atoms with E-state index in [1.54, 1.807) is 12.1 Å². The van der Waals surface area contributed by atoms with Crippen molar-refractivity contribution in [2.24, 2.45) is 11.8 Å². The Morgan fingerprint density at radius 3 is 1.75 bits per heavy atom. The summed E-state index contributed by atoms with van der Waals surface area (Å²) in [5.74, 6) is -2.83. The van der Waals surface area contributed by atoms with E-state index in [0.717, 1.165) is 32.7 Å². The van der Waals surface area contributed by atoms with Crippen molar-refractivity contribution in [2.75, 3.05) is 0 Å². The molecule has 1 N–H and O–H groups in total. The zero-order valence-electron chi connectivity index (χ0n) is 21.2. The van der Waals surface area contributed by atoms with E-state index in [1.807, 2.05) is 78.9 Å². The molecule has 40 heavy (non-hydrogen) atoms. The van der Waals surface area contributed by atoms with Crippen LogP contribution in [0.4, 0.5) is 0 Å². The van der Waals surface area contributed by atoms with Crippen molar-refractivity contribution in [3.8, 4) is 0 Å². The van der Waals surface area contributed by atoms with Gasteiger partial charge in [0.2, 0.25) is 17.7 Å². The molecule has 6 nitrogen and oxygen atoms in total. The van der Waals surface area contributed by atoms with Crippen molar-refractivity contribution in [3.63, 3.8) is 0 Å². The van der Waals surface area contributed by atoms with E-state index >= 15 is 0 Å². The van der Waals surface area contributed by atoms with Crippen molar-refractivity contribution in [2.45, 2.75) is 28.8 Å². The Morgan fingerprint density at radius 1 is 0.775 bits per heavy atom. The number of benzene rings is 3. The maximum Gasteiger partial charge on any atom is 0.244 e. The highest BCUT2D eigenvalue weighted by Crippen LogP contribution is 2.69. The molecule has 0 spiro atoms. The minimum Gasteiger partial charge on any atom is -0.467 e. The van der Waals surface area contributed by atoms with Gasteiger partial charge in [-0.3, -0.25) is 19.3 Å². The summed E-state index contributed by atoms with van der Waals surface area (Å²) >= 11 is 15.1. The zero-order chi connectivity index (χ0) is 27.6. The second kappa shape index (κ2) is 9.08. The van der Waals surface area contributed by atoms with Gasteiger partial charge in [0.25, 0.3) is 0 Å². The summed E-state index contributed by atoms with van der Waals surface area (Å²) in [6, 6.07) is 26.7. The Morgan fingerprint density at radius 2 is 1.27 bits per heavy atom. The largest absolute Gasteiger partial charge is 0.467 e. The van der Waals surface area contributed by atoms with Crippen molar-refractivity contribution in [1.82, 2.24) is 10.2 Å². The fourth-order valence-electron chi connectivity index (χ4n) is 6.84. The fourth-order valence-corrected chi connectivity index (χ4v) is 7.94. The summed E-state index contributed by atoms with van der Waals surface area (Å²) in [5, 5.41) is 2.85. The number of alkyl halides is 2. The van der Waals surface area contributed by atoms with Crippen LogP contribution in [-0.4, -0.2) is 28.7 Å². The number of nitrogens with one attached hydrogen (secondary N) is 1. The smallest absolute Gasteiger partial charge is 0.244 e. The maximum absolute atomic E-state index is 14.4. The second-order valence-electron chi connectivity index (χ2n) is 10.5. The molecule has 1 saturated heterocycles. The van der Waals surface area contributed by atoms with Gasteiger partial charge in [0, 0.05) is 6.42 Å². The van der Waals surface area contributed by atoms with E-state index < -0.39 is 45.3 Å². The molecule has 8 rings (SSSR count). The number of carbonyl (C=O) groups is 3. The molecule has 1 aliphatic heterocycles. The number of furan rings is 1. The number of imide groups is 1. The molecule has 2 bridgehead atoms. The lowest BCUT2D eigenvalue weighted by Crippen LogP contribution is -2.57. The highest BCUT2D eigenvalue weighted by atomic mass is 35.5. The first-order valence-electron chi connectivity index (χ1n) is 13.2. The number of carbonyl (C=O) groups excluding carboxylic acids is 3. The van der Waals surface area contributed by atoms with Crippen LogP contribution in [0.1, 0.15) is 33.6 Å². The average molecular weight is 571 g/mol. The van der Waals surface area contributed by atoms with Gasteiger partial charge in [0.15, 0.2) is 0 Å². The Bertz CT molecular complexity index is 1530. The Labute approximate surface area is 240 Å². The van der Waals surface area contributed by atoms with Crippen LogP contribution in [0.15, 0.2) is 102 Å². The summed E-state index contributed by atoms with van der Waals surface area (Å²) in [6.45, 7) is 0.121. The summed E-state index contributed by atoms with van der Waals surface area (Å²) in [5.41, 5.74) is 3.69. The summed E-state index contributed by atoms with van der Waals surface area (Å²) in [7, 11) is 0. The highest BCUT2D eigenvalue weighted by Gasteiger charge is 2.73. The van der Waals surface area contributed by atoms with E-state index in [0.29, 0.717) is 5.76 Å². The van der Waals surface area contributed by atoms with Crippen molar-refractivity contribution in [3.05, 3.63) is 131 Å². The first-order valence-corrected chi connectivity index (χ1v) is 13.9. The standard InChI is InChI=1S/C32H24Cl2N2O4/c33-31-21-12-4-5-13-22(21)32(34,24-15-7-6-14-23(24)31)27-26(31)29(38)36(30(27)39)25(17-19-9-2-1-3-10-19)28(37)35-18-20-11-8-16-40-20/h1-16,25-27H,17-18H2,(H,35,37)/t25-,26-,27+,31?,32?/m1/s1. The van der Waals surface area contributed by atoms with Gasteiger partial charge in [0.05, 0.1) is 24.6 Å². The molecule has 2 heterocycles. The lowest BCUT2D eigenvalue weighted by molar-refractivity contribution is -0.148. The minimum absolute atomic E-state index is 0.121. The Balaban J connectivity index is 1.34. The number of hydrogen-bond acceptors (Lipinski definition) is 4. The third-order valence-corrected chi connectivity index (χ3v) is 9.81. The second-order valence-corrected chi connectivity index (χ2v) is 11.7. The van der Waals surface area contributed by atoms with Crippen LogP contribution in [0.25, 0.3) is 0 Å². The summed E-state index contributed by atoms with van der Waals surface area (Å²) in [6.07, 6.45) is 1.66. The summed E-state index contributed by atoms with van der Waals surface area (Å²) in [4.78, 5) is 41.1. The first-order chi connectivity index (χ1) is 19.4.